The molecule has 1 heterocycles. The maximum absolute atomic E-state index is 13.0. The standard InChI is InChI=1S/C32H41NO11/c1-15(2)12-20(29(37)38)33-28(36)17(4)42-30(39)21(34)14-24(35)43-23-9-11-32(40)19-13-18-6-7-22(41-5)26-25(18)31(32,27(23)44-26)10-8-16(19)3/h6-7,9,15-17,19-21,27,34,40H,8,10-14H2,1-5H3,(H,33,36)(H,37,38)/t16?,17-,19-,20-,21-,27-,31-,32+/m0/s1. The number of aliphatic hydroxyl groups is 2. The van der Waals surface area contributed by atoms with Gasteiger partial charge in [0.15, 0.2) is 29.8 Å². The van der Waals surface area contributed by atoms with Crippen LogP contribution in [0.3, 0.4) is 0 Å². The Morgan fingerprint density at radius 1 is 1.18 bits per heavy atom. The van der Waals surface area contributed by atoms with Crippen LogP contribution in [0.25, 0.3) is 0 Å². The van der Waals surface area contributed by atoms with Crippen LogP contribution in [0.5, 0.6) is 11.5 Å². The van der Waals surface area contributed by atoms with E-state index in [0.29, 0.717) is 24.3 Å². The van der Waals surface area contributed by atoms with Gasteiger partial charge in [0.25, 0.3) is 5.91 Å². The second-order valence-corrected chi connectivity index (χ2v) is 13.0. The van der Waals surface area contributed by atoms with Crippen molar-refractivity contribution in [3.8, 4) is 11.5 Å². The summed E-state index contributed by atoms with van der Waals surface area (Å²) in [6.45, 7) is 6.99. The predicted octanol–water partition coefficient (Wildman–Crippen LogP) is 2.16. The molecular formula is C32H41NO11. The Morgan fingerprint density at radius 2 is 1.91 bits per heavy atom. The number of carboxylic acid groups (broad SMARTS) is 1. The van der Waals surface area contributed by atoms with Crippen LogP contribution in [0, 0.1) is 17.8 Å². The molecule has 1 saturated carbocycles. The summed E-state index contributed by atoms with van der Waals surface area (Å²) >= 11 is 0. The lowest BCUT2D eigenvalue weighted by molar-refractivity contribution is -0.173. The number of carboxylic acids is 1. The lowest BCUT2D eigenvalue weighted by Gasteiger charge is -2.61. The van der Waals surface area contributed by atoms with Gasteiger partial charge in [0, 0.05) is 5.56 Å². The van der Waals surface area contributed by atoms with Gasteiger partial charge in [-0.25, -0.2) is 9.59 Å². The summed E-state index contributed by atoms with van der Waals surface area (Å²) in [5, 5.41) is 34.4. The smallest absolute Gasteiger partial charge is 0.336 e. The van der Waals surface area contributed by atoms with Crippen LogP contribution in [-0.2, 0) is 40.5 Å². The van der Waals surface area contributed by atoms with Crippen LogP contribution in [0.4, 0.5) is 0 Å². The summed E-state index contributed by atoms with van der Waals surface area (Å²) in [6.07, 6.45) is -0.693. The zero-order valence-corrected chi connectivity index (χ0v) is 25.6. The number of methoxy groups -OCH3 is 1. The Kier molecular flexibility index (Phi) is 8.45. The summed E-state index contributed by atoms with van der Waals surface area (Å²) in [5.74, 6) is -2.74. The first-order chi connectivity index (χ1) is 20.7. The molecular weight excluding hydrogens is 574 g/mol. The molecule has 1 fully saturated rings. The van der Waals surface area contributed by atoms with E-state index in [-0.39, 0.29) is 36.4 Å². The molecule has 240 valence electrons. The highest BCUT2D eigenvalue weighted by atomic mass is 16.6. The molecule has 0 aromatic heterocycles. The monoisotopic (exact) mass is 615 g/mol. The molecule has 0 saturated heterocycles. The number of carbonyl (C=O) groups excluding carboxylic acids is 3. The molecule has 12 heteroatoms. The Morgan fingerprint density at radius 3 is 2.57 bits per heavy atom. The van der Waals surface area contributed by atoms with Crippen molar-refractivity contribution in [3.63, 3.8) is 0 Å². The Balaban J connectivity index is 1.27. The second kappa shape index (κ2) is 11.7. The first-order valence-corrected chi connectivity index (χ1v) is 15.1. The van der Waals surface area contributed by atoms with E-state index in [2.05, 4.69) is 12.2 Å². The molecule has 8 atom stereocenters. The Labute approximate surface area is 255 Å². The average molecular weight is 616 g/mol. The fourth-order valence-corrected chi connectivity index (χ4v) is 7.67. The van der Waals surface area contributed by atoms with E-state index in [0.717, 1.165) is 17.5 Å². The minimum absolute atomic E-state index is 0.0103. The molecule has 44 heavy (non-hydrogen) atoms. The van der Waals surface area contributed by atoms with Crippen molar-refractivity contribution in [1.82, 2.24) is 5.32 Å². The van der Waals surface area contributed by atoms with Gasteiger partial charge in [-0.3, -0.25) is 9.59 Å². The first kappa shape index (κ1) is 31.8. The molecule has 4 N–H and O–H groups in total. The van der Waals surface area contributed by atoms with E-state index in [9.17, 15) is 34.5 Å². The third kappa shape index (κ3) is 5.11. The molecule has 1 aromatic rings. The number of carbonyl (C=O) groups is 4. The number of nitrogens with one attached hydrogen (secondary N) is 1. The third-order valence-corrected chi connectivity index (χ3v) is 9.78. The van der Waals surface area contributed by atoms with E-state index < -0.39 is 65.6 Å². The molecule has 1 aromatic carbocycles. The summed E-state index contributed by atoms with van der Waals surface area (Å²) in [5.41, 5.74) is -0.00341. The summed E-state index contributed by atoms with van der Waals surface area (Å²) in [6, 6.07) is 2.68. The van der Waals surface area contributed by atoms with Crippen LogP contribution in [-0.4, -0.2) is 76.2 Å². The first-order valence-electron chi connectivity index (χ1n) is 15.1. The predicted molar refractivity (Wildman–Crippen MR) is 154 cm³/mol. The number of aliphatic carboxylic acids is 1. The second-order valence-electron chi connectivity index (χ2n) is 13.0. The highest BCUT2D eigenvalue weighted by Gasteiger charge is 2.72. The fourth-order valence-electron chi connectivity index (χ4n) is 7.67. The van der Waals surface area contributed by atoms with Gasteiger partial charge in [0.05, 0.1) is 24.5 Å². The van der Waals surface area contributed by atoms with E-state index >= 15 is 0 Å². The number of ether oxygens (including phenoxy) is 4. The Bertz CT molecular complexity index is 1390. The zero-order valence-electron chi connectivity index (χ0n) is 25.6. The molecule has 1 aliphatic heterocycles. The highest BCUT2D eigenvalue weighted by Crippen LogP contribution is 2.68. The largest absolute Gasteiger partial charge is 0.493 e. The maximum Gasteiger partial charge on any atom is 0.336 e. The van der Waals surface area contributed by atoms with Crippen molar-refractivity contribution >= 4 is 23.8 Å². The van der Waals surface area contributed by atoms with Gasteiger partial charge in [-0.1, -0.05) is 26.8 Å². The van der Waals surface area contributed by atoms with Gasteiger partial charge in [-0.15, -0.1) is 0 Å². The van der Waals surface area contributed by atoms with Crippen molar-refractivity contribution in [2.75, 3.05) is 7.11 Å². The lowest BCUT2D eigenvalue weighted by atomic mass is 9.45. The van der Waals surface area contributed by atoms with E-state index in [1.54, 1.807) is 27.0 Å². The molecule has 2 bridgehead atoms. The van der Waals surface area contributed by atoms with Gasteiger partial charge in [0.1, 0.15) is 11.8 Å². The molecule has 1 amide bonds. The van der Waals surface area contributed by atoms with Gasteiger partial charge in [0.2, 0.25) is 0 Å². The minimum Gasteiger partial charge on any atom is -0.493 e. The van der Waals surface area contributed by atoms with Gasteiger partial charge >= 0.3 is 17.9 Å². The van der Waals surface area contributed by atoms with Gasteiger partial charge < -0.3 is 39.6 Å². The number of amides is 1. The van der Waals surface area contributed by atoms with Crippen LogP contribution >= 0.6 is 0 Å². The van der Waals surface area contributed by atoms with Crippen molar-refractivity contribution in [1.29, 1.82) is 0 Å². The fraction of sp³-hybridized carbons (Fsp3) is 0.625. The normalized spacial score (nSPS) is 29.7. The minimum atomic E-state index is -1.94. The molecule has 1 spiro atoms. The van der Waals surface area contributed by atoms with Gasteiger partial charge in [-0.05, 0) is 74.5 Å². The van der Waals surface area contributed by atoms with Crippen LogP contribution in [0.1, 0.15) is 70.9 Å². The Hall–Kier alpha value is -3.64. The maximum atomic E-state index is 13.0. The lowest BCUT2D eigenvalue weighted by Crippen LogP contribution is -2.69. The quantitative estimate of drug-likeness (QED) is 0.268. The average Bonchev–Trinajstić information content (AvgIpc) is 3.31. The highest BCUT2D eigenvalue weighted by molar-refractivity contribution is 5.89. The van der Waals surface area contributed by atoms with Crippen molar-refractivity contribution in [3.05, 3.63) is 35.1 Å². The van der Waals surface area contributed by atoms with Crippen molar-refractivity contribution < 1.29 is 53.4 Å². The van der Waals surface area contributed by atoms with E-state index in [4.69, 9.17) is 18.9 Å². The number of rotatable bonds is 11. The summed E-state index contributed by atoms with van der Waals surface area (Å²) < 4.78 is 22.7. The third-order valence-electron chi connectivity index (χ3n) is 9.78. The number of hydrogen-bond donors (Lipinski definition) is 4. The van der Waals surface area contributed by atoms with Crippen LogP contribution in [0.15, 0.2) is 24.0 Å². The van der Waals surface area contributed by atoms with Crippen molar-refractivity contribution in [2.45, 2.75) is 102 Å². The zero-order chi connectivity index (χ0) is 32.1. The molecule has 5 rings (SSSR count). The number of hydrogen-bond acceptors (Lipinski definition) is 10. The number of benzene rings is 1. The molecule has 4 aliphatic rings. The molecule has 3 aliphatic carbocycles. The van der Waals surface area contributed by atoms with Crippen LogP contribution in [0.2, 0.25) is 0 Å². The number of esters is 2. The van der Waals surface area contributed by atoms with Gasteiger partial charge in [-0.2, -0.15) is 0 Å². The summed E-state index contributed by atoms with van der Waals surface area (Å²) in [4.78, 5) is 49.4. The van der Waals surface area contributed by atoms with E-state index in [1.165, 1.54) is 6.92 Å². The molecule has 12 nitrogen and oxygen atoms in total. The van der Waals surface area contributed by atoms with Crippen molar-refractivity contribution in [2.24, 2.45) is 17.8 Å². The SMILES string of the molecule is COc1ccc2c3c1O[C@H]1C(OC(=O)C[C@H](O)C(=O)O[C@@H](C)C(=O)N[C@@H](CC(C)C)C(=O)O)=CC[C@@]4(O)[C@@H](C2)C(C)CC[C@]314. The molecule has 1 unspecified atom stereocenters. The summed E-state index contributed by atoms with van der Waals surface area (Å²) in [7, 11) is 1.54. The van der Waals surface area contributed by atoms with Crippen LogP contribution < -0.4 is 14.8 Å². The molecule has 0 radical (unpaired) electrons. The number of aliphatic hydroxyl groups excluding tert-OH is 1. The topological polar surface area (TPSA) is 178 Å². The van der Waals surface area contributed by atoms with E-state index in [1.807, 2.05) is 12.1 Å².